The van der Waals surface area contributed by atoms with Crippen molar-refractivity contribution in [3.63, 3.8) is 0 Å². The second-order valence-electron chi connectivity index (χ2n) is 6.45. The van der Waals surface area contributed by atoms with Crippen molar-refractivity contribution < 1.29 is 23.9 Å². The highest BCUT2D eigenvalue weighted by Crippen LogP contribution is 2.25. The largest absolute Gasteiger partial charge is 0.478 e. The van der Waals surface area contributed by atoms with Crippen LogP contribution in [0.15, 0.2) is 76.8 Å². The van der Waals surface area contributed by atoms with Gasteiger partial charge in [0.15, 0.2) is 0 Å². The summed E-state index contributed by atoms with van der Waals surface area (Å²) in [5.74, 6) is -0.515. The molecule has 144 valence electrons. The zero-order valence-electron chi connectivity index (χ0n) is 15.2. The van der Waals surface area contributed by atoms with Gasteiger partial charge in [-0.2, -0.15) is 0 Å². The lowest BCUT2D eigenvalue weighted by molar-refractivity contribution is -0.123. The molecule has 0 saturated carbocycles. The Kier molecular flexibility index (Phi) is 4.70. The van der Waals surface area contributed by atoms with Gasteiger partial charge in [0.25, 0.3) is 5.91 Å². The van der Waals surface area contributed by atoms with Crippen molar-refractivity contribution >= 4 is 24.0 Å². The number of carboxylic acids is 1. The van der Waals surface area contributed by atoms with Crippen LogP contribution >= 0.6 is 0 Å². The highest BCUT2D eigenvalue weighted by Gasteiger charge is 2.33. The van der Waals surface area contributed by atoms with Gasteiger partial charge in [-0.05, 0) is 29.8 Å². The minimum Gasteiger partial charge on any atom is -0.478 e. The molecular weight excluding hydrogens is 372 g/mol. The van der Waals surface area contributed by atoms with E-state index < -0.39 is 17.9 Å². The molecule has 1 saturated heterocycles. The Labute approximate surface area is 165 Å². The Morgan fingerprint density at radius 1 is 1.00 bits per heavy atom. The number of amides is 3. The normalized spacial score (nSPS) is 15.0. The van der Waals surface area contributed by atoms with E-state index in [1.54, 1.807) is 24.3 Å². The fourth-order valence-electron chi connectivity index (χ4n) is 2.99. The van der Waals surface area contributed by atoms with Crippen LogP contribution in [-0.4, -0.2) is 27.9 Å². The minimum absolute atomic E-state index is 0.132. The fourth-order valence-corrected chi connectivity index (χ4v) is 2.99. The maximum absolute atomic E-state index is 12.6. The van der Waals surface area contributed by atoms with E-state index in [4.69, 9.17) is 9.52 Å². The SMILES string of the molecule is O=C(O)c1ccc(-c2ccc(/C=C3\NC(=O)N(Cc4ccccc4)C3=O)o2)cc1. The van der Waals surface area contributed by atoms with Crippen LogP contribution in [0, 0.1) is 0 Å². The first kappa shape index (κ1) is 18.2. The number of carboxylic acid groups (broad SMARTS) is 1. The fraction of sp³-hybridized carbons (Fsp3) is 0.0455. The number of imide groups is 1. The molecule has 1 fully saturated rings. The van der Waals surface area contributed by atoms with Gasteiger partial charge in [0.1, 0.15) is 17.2 Å². The first-order chi connectivity index (χ1) is 14.0. The summed E-state index contributed by atoms with van der Waals surface area (Å²) in [7, 11) is 0. The number of hydrogen-bond donors (Lipinski definition) is 2. The number of carbonyl (C=O) groups excluding carboxylic acids is 2. The summed E-state index contributed by atoms with van der Waals surface area (Å²) < 4.78 is 5.72. The van der Waals surface area contributed by atoms with Crippen molar-refractivity contribution in [1.82, 2.24) is 10.2 Å². The van der Waals surface area contributed by atoms with Crippen LogP contribution in [-0.2, 0) is 11.3 Å². The molecule has 2 N–H and O–H groups in total. The van der Waals surface area contributed by atoms with Gasteiger partial charge in [-0.3, -0.25) is 9.69 Å². The number of carbonyl (C=O) groups is 3. The molecule has 0 bridgehead atoms. The van der Waals surface area contributed by atoms with E-state index in [0.717, 1.165) is 10.5 Å². The lowest BCUT2D eigenvalue weighted by Crippen LogP contribution is -2.30. The molecular formula is C22H16N2O5. The van der Waals surface area contributed by atoms with Gasteiger partial charge < -0.3 is 14.8 Å². The van der Waals surface area contributed by atoms with Crippen molar-refractivity contribution in [2.75, 3.05) is 0 Å². The predicted molar refractivity (Wildman–Crippen MR) is 105 cm³/mol. The molecule has 7 nitrogen and oxygen atoms in total. The molecule has 0 atom stereocenters. The van der Waals surface area contributed by atoms with Crippen LogP contribution in [0.25, 0.3) is 17.4 Å². The van der Waals surface area contributed by atoms with Gasteiger partial charge in [-0.25, -0.2) is 9.59 Å². The summed E-state index contributed by atoms with van der Waals surface area (Å²) in [5, 5.41) is 11.5. The molecule has 2 heterocycles. The van der Waals surface area contributed by atoms with E-state index in [1.165, 1.54) is 18.2 Å². The third-order valence-electron chi connectivity index (χ3n) is 4.48. The van der Waals surface area contributed by atoms with Crippen molar-refractivity contribution in [1.29, 1.82) is 0 Å². The molecule has 4 rings (SSSR count). The molecule has 3 aromatic rings. The van der Waals surface area contributed by atoms with Crippen LogP contribution in [0.3, 0.4) is 0 Å². The lowest BCUT2D eigenvalue weighted by atomic mass is 10.1. The molecule has 0 unspecified atom stereocenters. The number of aromatic carboxylic acids is 1. The predicted octanol–water partition coefficient (Wildman–Crippen LogP) is 3.74. The molecule has 1 aliphatic heterocycles. The van der Waals surface area contributed by atoms with Crippen molar-refractivity contribution in [3.8, 4) is 11.3 Å². The molecule has 29 heavy (non-hydrogen) atoms. The second kappa shape index (κ2) is 7.47. The molecule has 3 amide bonds. The second-order valence-corrected chi connectivity index (χ2v) is 6.45. The van der Waals surface area contributed by atoms with Gasteiger partial charge in [0.2, 0.25) is 0 Å². The van der Waals surface area contributed by atoms with Crippen LogP contribution < -0.4 is 5.32 Å². The average Bonchev–Trinajstić information content (AvgIpc) is 3.29. The van der Waals surface area contributed by atoms with Crippen LogP contribution in [0.2, 0.25) is 0 Å². The van der Waals surface area contributed by atoms with Crippen molar-refractivity contribution in [2.45, 2.75) is 6.54 Å². The van der Waals surface area contributed by atoms with E-state index in [-0.39, 0.29) is 17.8 Å². The van der Waals surface area contributed by atoms with Crippen LogP contribution in [0.4, 0.5) is 4.79 Å². The third-order valence-corrected chi connectivity index (χ3v) is 4.48. The summed E-state index contributed by atoms with van der Waals surface area (Å²) in [6.45, 7) is 0.183. The molecule has 0 spiro atoms. The number of benzene rings is 2. The maximum Gasteiger partial charge on any atom is 0.335 e. The van der Waals surface area contributed by atoms with Gasteiger partial charge in [-0.15, -0.1) is 0 Å². The molecule has 0 aliphatic carbocycles. The number of rotatable bonds is 5. The Morgan fingerprint density at radius 3 is 2.41 bits per heavy atom. The van der Waals surface area contributed by atoms with Gasteiger partial charge in [0.05, 0.1) is 12.1 Å². The van der Waals surface area contributed by atoms with Gasteiger partial charge in [0, 0.05) is 11.6 Å². The van der Waals surface area contributed by atoms with E-state index >= 15 is 0 Å². The smallest absolute Gasteiger partial charge is 0.335 e. The summed E-state index contributed by atoms with van der Waals surface area (Å²) in [6, 6.07) is 18.4. The van der Waals surface area contributed by atoms with Crippen LogP contribution in [0.1, 0.15) is 21.7 Å². The number of urea groups is 1. The quantitative estimate of drug-likeness (QED) is 0.512. The van der Waals surface area contributed by atoms with Crippen LogP contribution in [0.5, 0.6) is 0 Å². The summed E-state index contributed by atoms with van der Waals surface area (Å²) >= 11 is 0. The number of furan rings is 1. The van der Waals surface area contributed by atoms with Gasteiger partial charge in [-0.1, -0.05) is 42.5 Å². The summed E-state index contributed by atoms with van der Waals surface area (Å²) in [6.07, 6.45) is 1.47. The lowest BCUT2D eigenvalue weighted by Gasteiger charge is -2.11. The zero-order chi connectivity index (χ0) is 20.4. The average molecular weight is 388 g/mol. The monoisotopic (exact) mass is 388 g/mol. The Bertz CT molecular complexity index is 1110. The Hall–Kier alpha value is -4.13. The summed E-state index contributed by atoms with van der Waals surface area (Å²) in [4.78, 5) is 36.8. The number of nitrogens with one attached hydrogen (secondary N) is 1. The van der Waals surface area contributed by atoms with Gasteiger partial charge >= 0.3 is 12.0 Å². The number of nitrogens with zero attached hydrogens (tertiary/aromatic N) is 1. The van der Waals surface area contributed by atoms with E-state index in [1.807, 2.05) is 30.3 Å². The summed E-state index contributed by atoms with van der Waals surface area (Å²) in [5.41, 5.74) is 1.86. The topological polar surface area (TPSA) is 99.9 Å². The number of hydrogen-bond acceptors (Lipinski definition) is 4. The van der Waals surface area contributed by atoms with Crippen molar-refractivity contribution in [2.24, 2.45) is 0 Å². The molecule has 0 radical (unpaired) electrons. The standard InChI is InChI=1S/C22H16N2O5/c25-20-18(23-22(28)24(20)13-14-4-2-1-3-5-14)12-17-10-11-19(29-17)15-6-8-16(9-7-15)21(26)27/h1-12H,13H2,(H,23,28)(H,26,27)/b18-12-. The molecule has 1 aromatic heterocycles. The third kappa shape index (κ3) is 3.79. The highest BCUT2D eigenvalue weighted by molar-refractivity contribution is 6.13. The minimum atomic E-state index is -1.00. The molecule has 2 aromatic carbocycles. The first-order valence-electron chi connectivity index (χ1n) is 8.83. The Morgan fingerprint density at radius 2 is 1.72 bits per heavy atom. The molecule has 1 aliphatic rings. The Balaban J connectivity index is 1.52. The van der Waals surface area contributed by atoms with E-state index in [9.17, 15) is 14.4 Å². The zero-order valence-corrected chi connectivity index (χ0v) is 15.2. The van der Waals surface area contributed by atoms with E-state index in [0.29, 0.717) is 17.1 Å². The first-order valence-corrected chi connectivity index (χ1v) is 8.83. The highest BCUT2D eigenvalue weighted by atomic mass is 16.4. The van der Waals surface area contributed by atoms with E-state index in [2.05, 4.69) is 5.32 Å². The van der Waals surface area contributed by atoms with Crippen molar-refractivity contribution in [3.05, 3.63) is 89.3 Å². The maximum atomic E-state index is 12.6. The molecule has 7 heteroatoms.